The number of ether oxygens (including phenoxy) is 1. The predicted molar refractivity (Wildman–Crippen MR) is 75.8 cm³/mol. The lowest BCUT2D eigenvalue weighted by Gasteiger charge is -2.34. The van der Waals surface area contributed by atoms with Gasteiger partial charge in [-0.2, -0.15) is 0 Å². The number of nitrogens with one attached hydrogen (secondary N) is 1. The molecule has 118 valence electrons. The lowest BCUT2D eigenvalue weighted by atomic mass is 9.89. The number of rotatable bonds is 4. The number of benzene rings is 1. The van der Waals surface area contributed by atoms with Gasteiger partial charge < -0.3 is 15.2 Å². The molecule has 0 radical (unpaired) electrons. The van der Waals surface area contributed by atoms with Gasteiger partial charge in [-0.15, -0.1) is 0 Å². The van der Waals surface area contributed by atoms with Crippen molar-refractivity contribution in [3.63, 3.8) is 0 Å². The van der Waals surface area contributed by atoms with E-state index in [9.17, 15) is 19.1 Å². The van der Waals surface area contributed by atoms with Gasteiger partial charge >= 0.3 is 5.97 Å². The summed E-state index contributed by atoms with van der Waals surface area (Å²) in [6.07, 6.45) is 1.23. The van der Waals surface area contributed by atoms with Crippen LogP contribution in [-0.4, -0.2) is 35.7 Å². The molecule has 2 aliphatic rings. The molecule has 0 bridgehead atoms. The Hall–Kier alpha value is -1.95. The van der Waals surface area contributed by atoms with Gasteiger partial charge in [0.25, 0.3) is 0 Å². The van der Waals surface area contributed by atoms with Gasteiger partial charge in [-0.25, -0.2) is 9.18 Å². The molecule has 2 unspecified atom stereocenters. The monoisotopic (exact) mass is 307 g/mol. The third-order valence-corrected chi connectivity index (χ3v) is 4.54. The van der Waals surface area contributed by atoms with Crippen molar-refractivity contribution < 1.29 is 23.8 Å². The molecule has 2 atom stereocenters. The van der Waals surface area contributed by atoms with Crippen molar-refractivity contribution in [3.8, 4) is 0 Å². The Morgan fingerprint density at radius 3 is 2.45 bits per heavy atom. The van der Waals surface area contributed by atoms with Gasteiger partial charge in [-0.1, -0.05) is 12.1 Å². The van der Waals surface area contributed by atoms with E-state index in [0.717, 1.165) is 5.56 Å². The van der Waals surface area contributed by atoms with Crippen LogP contribution in [0.3, 0.4) is 0 Å². The number of amides is 1. The Morgan fingerprint density at radius 2 is 1.86 bits per heavy atom. The van der Waals surface area contributed by atoms with E-state index in [0.29, 0.717) is 19.6 Å². The lowest BCUT2D eigenvalue weighted by molar-refractivity contribution is -0.152. The molecular weight excluding hydrogens is 289 g/mol. The third-order valence-electron chi connectivity index (χ3n) is 4.54. The molecule has 1 amide bonds. The number of carboxylic acid groups (broad SMARTS) is 1. The summed E-state index contributed by atoms with van der Waals surface area (Å²) in [5, 5.41) is 12.2. The average molecular weight is 307 g/mol. The van der Waals surface area contributed by atoms with Gasteiger partial charge in [0.15, 0.2) is 0 Å². The van der Waals surface area contributed by atoms with Crippen LogP contribution >= 0.6 is 0 Å². The number of hydrogen-bond acceptors (Lipinski definition) is 3. The van der Waals surface area contributed by atoms with Crippen molar-refractivity contribution in [2.45, 2.75) is 30.7 Å². The zero-order valence-electron chi connectivity index (χ0n) is 12.0. The van der Waals surface area contributed by atoms with Gasteiger partial charge in [0.1, 0.15) is 11.4 Å². The summed E-state index contributed by atoms with van der Waals surface area (Å²) in [4.78, 5) is 23.9. The van der Waals surface area contributed by atoms with E-state index in [4.69, 9.17) is 4.74 Å². The first-order valence-corrected chi connectivity index (χ1v) is 7.40. The van der Waals surface area contributed by atoms with Crippen molar-refractivity contribution in [1.82, 2.24) is 5.32 Å². The first-order chi connectivity index (χ1) is 10.5. The Bertz CT molecular complexity index is 580. The van der Waals surface area contributed by atoms with E-state index in [2.05, 4.69) is 5.32 Å². The summed E-state index contributed by atoms with van der Waals surface area (Å²) >= 11 is 0. The van der Waals surface area contributed by atoms with E-state index < -0.39 is 11.5 Å². The number of halogens is 1. The van der Waals surface area contributed by atoms with Gasteiger partial charge in [-0.05, 0) is 30.0 Å². The fraction of sp³-hybridized carbons (Fsp3) is 0.500. The maximum atomic E-state index is 12.9. The van der Waals surface area contributed by atoms with Crippen molar-refractivity contribution >= 4 is 11.9 Å². The minimum absolute atomic E-state index is 0.0475. The topological polar surface area (TPSA) is 75.6 Å². The van der Waals surface area contributed by atoms with Crippen molar-refractivity contribution in [2.75, 3.05) is 13.2 Å². The maximum Gasteiger partial charge on any atom is 0.329 e. The molecule has 1 saturated heterocycles. The molecule has 2 N–H and O–H groups in total. The Balaban J connectivity index is 1.65. The molecule has 0 aromatic heterocycles. The van der Waals surface area contributed by atoms with Crippen molar-refractivity contribution in [3.05, 3.63) is 35.6 Å². The van der Waals surface area contributed by atoms with Crippen LogP contribution in [0.1, 0.15) is 30.7 Å². The Morgan fingerprint density at radius 1 is 1.23 bits per heavy atom. The zero-order valence-corrected chi connectivity index (χ0v) is 12.0. The van der Waals surface area contributed by atoms with Crippen LogP contribution in [0.15, 0.2) is 24.3 Å². The number of aliphatic carboxylic acids is 1. The van der Waals surface area contributed by atoms with Crippen LogP contribution in [0.25, 0.3) is 0 Å². The third kappa shape index (κ3) is 2.83. The van der Waals surface area contributed by atoms with Gasteiger partial charge in [0, 0.05) is 32.0 Å². The minimum atomic E-state index is -1.22. The van der Waals surface area contributed by atoms with Crippen molar-refractivity contribution in [2.24, 2.45) is 5.92 Å². The average Bonchev–Trinajstić information content (AvgIpc) is 3.29. The van der Waals surface area contributed by atoms with Gasteiger partial charge in [0.2, 0.25) is 5.91 Å². The molecule has 1 aromatic rings. The fourth-order valence-electron chi connectivity index (χ4n) is 3.00. The molecule has 1 heterocycles. The van der Waals surface area contributed by atoms with Crippen molar-refractivity contribution in [1.29, 1.82) is 0 Å². The highest BCUT2D eigenvalue weighted by Gasteiger charge is 2.49. The number of carbonyl (C=O) groups excluding carboxylic acids is 1. The quantitative estimate of drug-likeness (QED) is 0.887. The molecule has 22 heavy (non-hydrogen) atoms. The molecule has 6 heteroatoms. The highest BCUT2D eigenvalue weighted by Crippen LogP contribution is 2.47. The van der Waals surface area contributed by atoms with Crippen LogP contribution < -0.4 is 5.32 Å². The molecule has 1 aliphatic heterocycles. The lowest BCUT2D eigenvalue weighted by Crippen LogP contribution is -2.57. The normalized spacial score (nSPS) is 26.2. The van der Waals surface area contributed by atoms with E-state index in [1.54, 1.807) is 12.1 Å². The predicted octanol–water partition coefficient (Wildman–Crippen LogP) is 1.68. The second-order valence-corrected chi connectivity index (χ2v) is 5.99. The second kappa shape index (κ2) is 5.68. The molecule has 1 aliphatic carbocycles. The summed E-state index contributed by atoms with van der Waals surface area (Å²) in [6.45, 7) is 0.664. The minimum Gasteiger partial charge on any atom is -0.480 e. The van der Waals surface area contributed by atoms with Gasteiger partial charge in [-0.3, -0.25) is 4.79 Å². The highest BCUT2D eigenvalue weighted by atomic mass is 19.1. The van der Waals surface area contributed by atoms with Gasteiger partial charge in [0.05, 0.1) is 0 Å². The molecule has 1 saturated carbocycles. The van der Waals surface area contributed by atoms with Crippen LogP contribution in [-0.2, 0) is 14.3 Å². The SMILES string of the molecule is O=C(NC1(C(=O)O)CCOCC1)C1CC1c1ccc(F)cc1. The molecule has 2 fully saturated rings. The molecule has 3 rings (SSSR count). The molecular formula is C16H18FNO4. The standard InChI is InChI=1S/C16H18FNO4/c17-11-3-1-10(2-4-11)12-9-13(12)14(19)18-16(15(20)21)5-7-22-8-6-16/h1-4,12-13H,5-9H2,(H,18,19)(H,20,21). The molecule has 1 aromatic carbocycles. The zero-order chi connectivity index (χ0) is 15.7. The van der Waals surface area contributed by atoms with Crippen LogP contribution in [0.4, 0.5) is 4.39 Å². The van der Waals surface area contributed by atoms with E-state index >= 15 is 0 Å². The summed E-state index contributed by atoms with van der Waals surface area (Å²) in [7, 11) is 0. The summed E-state index contributed by atoms with van der Waals surface area (Å²) in [5.41, 5.74) is -0.302. The number of carboxylic acids is 1. The van der Waals surface area contributed by atoms with Crippen LogP contribution in [0, 0.1) is 11.7 Å². The summed E-state index contributed by atoms with van der Waals surface area (Å²) in [5.74, 6) is -1.74. The Labute approximate surface area is 127 Å². The second-order valence-electron chi connectivity index (χ2n) is 5.99. The largest absolute Gasteiger partial charge is 0.480 e. The molecule has 0 spiro atoms. The van der Waals surface area contributed by atoms with Crippen LogP contribution in [0.2, 0.25) is 0 Å². The van der Waals surface area contributed by atoms with E-state index in [1.807, 2.05) is 0 Å². The summed E-state index contributed by atoms with van der Waals surface area (Å²) < 4.78 is 18.1. The number of carbonyl (C=O) groups is 2. The smallest absolute Gasteiger partial charge is 0.329 e. The molecule has 5 nitrogen and oxygen atoms in total. The first kappa shape index (κ1) is 15.0. The highest BCUT2D eigenvalue weighted by molar-refractivity contribution is 5.90. The number of hydrogen-bond donors (Lipinski definition) is 2. The van der Waals surface area contributed by atoms with E-state index in [1.165, 1.54) is 12.1 Å². The van der Waals surface area contributed by atoms with E-state index in [-0.39, 0.29) is 36.4 Å². The fourth-order valence-corrected chi connectivity index (χ4v) is 3.00. The maximum absolute atomic E-state index is 12.9. The first-order valence-electron chi connectivity index (χ1n) is 7.40. The Kier molecular flexibility index (Phi) is 3.87. The summed E-state index contributed by atoms with van der Waals surface area (Å²) in [6, 6.07) is 6.10. The van der Waals surface area contributed by atoms with Crippen LogP contribution in [0.5, 0.6) is 0 Å².